The molecule has 0 saturated heterocycles. The zero-order valence-electron chi connectivity index (χ0n) is 15.7. The van der Waals surface area contributed by atoms with Gasteiger partial charge in [0.05, 0.1) is 6.54 Å². The van der Waals surface area contributed by atoms with Gasteiger partial charge in [0.15, 0.2) is 5.76 Å². The van der Waals surface area contributed by atoms with E-state index in [2.05, 4.69) is 22.0 Å². The molecule has 28 heavy (non-hydrogen) atoms. The van der Waals surface area contributed by atoms with E-state index in [0.29, 0.717) is 18.1 Å². The second kappa shape index (κ2) is 6.06. The van der Waals surface area contributed by atoms with Crippen LogP contribution in [-0.4, -0.2) is 25.4 Å². The minimum atomic E-state index is -0.629. The number of benzene rings is 1. The average Bonchev–Trinajstić information content (AvgIpc) is 3.27. The molecule has 2 aromatic heterocycles. The highest BCUT2D eigenvalue weighted by atomic mass is 16.5. The van der Waals surface area contributed by atoms with Crippen molar-refractivity contribution in [1.82, 2.24) is 14.7 Å². The fourth-order valence-electron chi connectivity index (χ4n) is 4.44. The van der Waals surface area contributed by atoms with Crippen molar-refractivity contribution in [3.8, 4) is 23.2 Å². The molecule has 2 bridgehead atoms. The summed E-state index contributed by atoms with van der Waals surface area (Å²) in [7, 11) is 0. The van der Waals surface area contributed by atoms with Crippen molar-refractivity contribution in [2.24, 2.45) is 11.1 Å². The van der Waals surface area contributed by atoms with Crippen LogP contribution in [0.2, 0.25) is 0 Å². The summed E-state index contributed by atoms with van der Waals surface area (Å²) >= 11 is 0. The smallest absolute Gasteiger partial charge is 0.167 e. The Morgan fingerprint density at radius 3 is 2.71 bits per heavy atom. The molecule has 0 radical (unpaired) electrons. The lowest BCUT2D eigenvalue weighted by molar-refractivity contribution is -0.0807. The van der Waals surface area contributed by atoms with Gasteiger partial charge >= 0.3 is 0 Å². The van der Waals surface area contributed by atoms with E-state index in [0.717, 1.165) is 36.1 Å². The molecule has 3 saturated carbocycles. The summed E-state index contributed by atoms with van der Waals surface area (Å²) in [6.45, 7) is 2.19. The lowest BCUT2D eigenvalue weighted by atomic mass is 9.40. The van der Waals surface area contributed by atoms with Crippen LogP contribution >= 0.6 is 0 Å². The van der Waals surface area contributed by atoms with Crippen LogP contribution in [-0.2, 0) is 6.54 Å². The summed E-state index contributed by atoms with van der Waals surface area (Å²) in [5.41, 5.74) is 9.10. The van der Waals surface area contributed by atoms with Gasteiger partial charge in [-0.25, -0.2) is 4.98 Å². The van der Waals surface area contributed by atoms with Crippen LogP contribution in [0, 0.1) is 17.3 Å². The summed E-state index contributed by atoms with van der Waals surface area (Å²) in [5, 5.41) is 13.9. The van der Waals surface area contributed by atoms with E-state index in [4.69, 9.17) is 10.3 Å². The quantitative estimate of drug-likeness (QED) is 0.686. The van der Waals surface area contributed by atoms with Crippen LogP contribution in [0.15, 0.2) is 47.2 Å². The molecule has 2 heterocycles. The van der Waals surface area contributed by atoms with Crippen molar-refractivity contribution in [3.63, 3.8) is 0 Å². The molecule has 0 aliphatic heterocycles. The molecule has 3 aromatic rings. The molecular formula is C22H22N4O2. The summed E-state index contributed by atoms with van der Waals surface area (Å²) in [6, 6.07) is 9.93. The topological polar surface area (TPSA) is 90.1 Å². The number of imidazole rings is 1. The van der Waals surface area contributed by atoms with Gasteiger partial charge in [0.2, 0.25) is 0 Å². The van der Waals surface area contributed by atoms with Gasteiger partial charge in [-0.05, 0) is 50.5 Å². The second-order valence-electron chi connectivity index (χ2n) is 8.27. The summed E-state index contributed by atoms with van der Waals surface area (Å²) < 4.78 is 7.36. The van der Waals surface area contributed by atoms with E-state index in [9.17, 15) is 5.11 Å². The number of hydrogen-bond acceptors (Lipinski definition) is 5. The van der Waals surface area contributed by atoms with E-state index < -0.39 is 6.10 Å². The normalized spacial score (nSPS) is 26.0. The summed E-state index contributed by atoms with van der Waals surface area (Å²) in [5.74, 6) is 8.01. The van der Waals surface area contributed by atoms with E-state index in [1.165, 1.54) is 0 Å². The van der Waals surface area contributed by atoms with Crippen molar-refractivity contribution in [2.75, 3.05) is 0 Å². The van der Waals surface area contributed by atoms with Crippen LogP contribution in [0.25, 0.3) is 11.3 Å². The molecule has 3 fully saturated rings. The number of nitrogens with two attached hydrogens (primary N) is 1. The molecule has 1 atom stereocenters. The van der Waals surface area contributed by atoms with E-state index in [1.54, 1.807) is 13.1 Å². The zero-order chi connectivity index (χ0) is 19.4. The molecule has 0 spiro atoms. The predicted octanol–water partition coefficient (Wildman–Crippen LogP) is 2.87. The SMILES string of the molecule is CC(O)c1nccn1Cc1cc(-c2ccc(C#CC34CC(N)(C3)C4)cc2)on1. The van der Waals surface area contributed by atoms with Gasteiger partial charge in [0, 0.05) is 40.5 Å². The van der Waals surface area contributed by atoms with Crippen molar-refractivity contribution in [2.45, 2.75) is 44.4 Å². The zero-order valence-corrected chi connectivity index (χ0v) is 15.7. The first-order chi connectivity index (χ1) is 13.4. The van der Waals surface area contributed by atoms with E-state index in [1.807, 2.05) is 41.1 Å². The van der Waals surface area contributed by atoms with Crippen LogP contribution in [0.5, 0.6) is 0 Å². The summed E-state index contributed by atoms with van der Waals surface area (Å²) in [4.78, 5) is 4.17. The number of nitrogens with zero attached hydrogens (tertiary/aromatic N) is 3. The highest BCUT2D eigenvalue weighted by molar-refractivity contribution is 5.59. The highest BCUT2D eigenvalue weighted by Gasteiger charge is 2.65. The number of aromatic nitrogens is 3. The van der Waals surface area contributed by atoms with Gasteiger partial charge < -0.3 is 19.9 Å². The van der Waals surface area contributed by atoms with Gasteiger partial charge in [0.1, 0.15) is 17.6 Å². The second-order valence-corrected chi connectivity index (χ2v) is 8.27. The molecule has 1 aromatic carbocycles. The Morgan fingerprint density at radius 1 is 1.29 bits per heavy atom. The van der Waals surface area contributed by atoms with Crippen LogP contribution in [0.4, 0.5) is 0 Å². The van der Waals surface area contributed by atoms with Gasteiger partial charge in [-0.1, -0.05) is 17.0 Å². The van der Waals surface area contributed by atoms with Crippen molar-refractivity contribution in [1.29, 1.82) is 0 Å². The summed E-state index contributed by atoms with van der Waals surface area (Å²) in [6.07, 6.45) is 5.99. The highest BCUT2D eigenvalue weighted by Crippen LogP contribution is 2.65. The van der Waals surface area contributed by atoms with Crippen LogP contribution in [0.3, 0.4) is 0 Å². The predicted molar refractivity (Wildman–Crippen MR) is 104 cm³/mol. The van der Waals surface area contributed by atoms with Crippen LogP contribution < -0.4 is 5.73 Å². The van der Waals surface area contributed by atoms with Gasteiger partial charge in [-0.15, -0.1) is 0 Å². The van der Waals surface area contributed by atoms with Crippen molar-refractivity contribution >= 4 is 0 Å². The molecule has 3 aliphatic carbocycles. The Morgan fingerprint density at radius 2 is 2.04 bits per heavy atom. The fourth-order valence-corrected chi connectivity index (χ4v) is 4.44. The monoisotopic (exact) mass is 374 g/mol. The number of aliphatic hydroxyl groups is 1. The first-order valence-corrected chi connectivity index (χ1v) is 9.51. The van der Waals surface area contributed by atoms with Gasteiger partial charge in [-0.2, -0.15) is 0 Å². The van der Waals surface area contributed by atoms with Crippen molar-refractivity contribution in [3.05, 3.63) is 59.8 Å². The van der Waals surface area contributed by atoms with Crippen LogP contribution in [0.1, 0.15) is 49.4 Å². The maximum Gasteiger partial charge on any atom is 0.167 e. The fraction of sp³-hybridized carbons (Fsp3) is 0.364. The Labute approximate surface area is 163 Å². The molecule has 3 N–H and O–H groups in total. The number of rotatable bonds is 4. The molecule has 0 amide bonds. The Hall–Kier alpha value is -2.88. The first-order valence-electron chi connectivity index (χ1n) is 9.51. The minimum absolute atomic E-state index is 0.0925. The molecular weight excluding hydrogens is 352 g/mol. The maximum absolute atomic E-state index is 9.76. The Kier molecular flexibility index (Phi) is 3.73. The minimum Gasteiger partial charge on any atom is -0.385 e. The van der Waals surface area contributed by atoms with E-state index >= 15 is 0 Å². The number of hydrogen-bond donors (Lipinski definition) is 2. The molecule has 3 aliphatic rings. The van der Waals surface area contributed by atoms with Gasteiger partial charge in [0.25, 0.3) is 0 Å². The number of aliphatic hydroxyl groups excluding tert-OH is 1. The largest absolute Gasteiger partial charge is 0.385 e. The van der Waals surface area contributed by atoms with Crippen molar-refractivity contribution < 1.29 is 9.63 Å². The molecule has 142 valence electrons. The average molecular weight is 374 g/mol. The maximum atomic E-state index is 9.76. The lowest BCUT2D eigenvalue weighted by Gasteiger charge is -2.66. The lowest BCUT2D eigenvalue weighted by Crippen LogP contribution is -2.71. The molecule has 1 unspecified atom stereocenters. The Balaban J connectivity index is 1.28. The molecule has 6 heteroatoms. The van der Waals surface area contributed by atoms with E-state index in [-0.39, 0.29) is 11.0 Å². The first kappa shape index (κ1) is 17.2. The Bertz CT molecular complexity index is 1060. The third-order valence-electron chi connectivity index (χ3n) is 5.73. The molecule has 6 rings (SSSR count). The third-order valence-corrected chi connectivity index (χ3v) is 5.73. The standard InChI is InChI=1S/C22H22N4O2/c1-15(27)20-24-8-9-26(20)11-18-10-19(28-25-18)17-4-2-16(3-5-17)6-7-21-12-22(23,13-21)14-21/h2-5,8-10,15,27H,11-14,23H2,1H3. The van der Waals surface area contributed by atoms with Gasteiger partial charge in [-0.3, -0.25) is 0 Å². The third kappa shape index (κ3) is 2.93. The molecule has 6 nitrogen and oxygen atoms in total.